The lowest BCUT2D eigenvalue weighted by atomic mass is 10.1. The fraction of sp³-hybridized carbons (Fsp3) is 0.562. The second-order valence-corrected chi connectivity index (χ2v) is 5.84. The molecule has 0 saturated carbocycles. The monoisotopic (exact) mass is 319 g/mol. The summed E-state index contributed by atoms with van der Waals surface area (Å²) in [7, 11) is 1.93. The smallest absolute Gasteiger partial charge is 0.315 e. The van der Waals surface area contributed by atoms with E-state index in [1.165, 1.54) is 5.56 Å². The number of urea groups is 1. The maximum Gasteiger partial charge on any atom is 0.315 e. The molecule has 0 radical (unpaired) electrons. The van der Waals surface area contributed by atoms with E-state index >= 15 is 0 Å². The summed E-state index contributed by atoms with van der Waals surface area (Å²) in [6.07, 6.45) is 1.57. The number of amides is 2. The molecule has 2 rings (SSSR count). The Balaban J connectivity index is 1.82. The van der Waals surface area contributed by atoms with Crippen LogP contribution in [-0.2, 0) is 26.4 Å². The second-order valence-electron chi connectivity index (χ2n) is 5.84. The molecule has 0 unspecified atom stereocenters. The number of aryl methyl sites for hydroxylation is 3. The van der Waals surface area contributed by atoms with Crippen LogP contribution in [0.3, 0.4) is 0 Å². The molecule has 7 heteroatoms. The molecule has 0 aromatic carbocycles. The summed E-state index contributed by atoms with van der Waals surface area (Å²) < 4.78 is 7.00. The van der Waals surface area contributed by atoms with Crippen molar-refractivity contribution in [3.8, 4) is 0 Å². The third kappa shape index (κ3) is 4.34. The van der Waals surface area contributed by atoms with Crippen molar-refractivity contribution in [2.24, 2.45) is 7.05 Å². The fourth-order valence-corrected chi connectivity index (χ4v) is 2.52. The fourth-order valence-electron chi connectivity index (χ4n) is 2.52. The number of carbonyl (C=O) groups excluding carboxylic acids is 1. The molecule has 23 heavy (non-hydrogen) atoms. The molecule has 2 heterocycles. The van der Waals surface area contributed by atoms with Crippen LogP contribution < -0.4 is 10.6 Å². The van der Waals surface area contributed by atoms with Gasteiger partial charge in [0, 0.05) is 24.8 Å². The largest absolute Gasteiger partial charge is 0.359 e. The first-order valence-corrected chi connectivity index (χ1v) is 7.88. The quantitative estimate of drug-likeness (QED) is 0.853. The molecule has 126 valence electrons. The number of rotatable bonds is 6. The second kappa shape index (κ2) is 7.30. The predicted octanol–water partition coefficient (Wildman–Crippen LogP) is 2.02. The van der Waals surface area contributed by atoms with Crippen LogP contribution in [0, 0.1) is 13.8 Å². The summed E-state index contributed by atoms with van der Waals surface area (Å²) >= 11 is 0. The third-order valence-electron chi connectivity index (χ3n) is 3.94. The number of nitrogens with one attached hydrogen (secondary N) is 2. The van der Waals surface area contributed by atoms with Gasteiger partial charge in [0.15, 0.2) is 5.76 Å². The van der Waals surface area contributed by atoms with Gasteiger partial charge in [-0.3, -0.25) is 4.68 Å². The van der Waals surface area contributed by atoms with Crippen LogP contribution in [-0.4, -0.2) is 27.0 Å². The molecule has 0 aliphatic rings. The SMILES string of the molecule is CCc1cc(CNC(=O)N[C@@H](C)Cc2c(C)nn(C)c2C)on1. The molecule has 2 amide bonds. The first-order valence-electron chi connectivity index (χ1n) is 7.88. The van der Waals surface area contributed by atoms with Crippen LogP contribution in [0.2, 0.25) is 0 Å². The minimum absolute atomic E-state index is 0.0116. The third-order valence-corrected chi connectivity index (χ3v) is 3.94. The summed E-state index contributed by atoms with van der Waals surface area (Å²) in [5.74, 6) is 0.656. The van der Waals surface area contributed by atoms with Gasteiger partial charge in [0.1, 0.15) is 0 Å². The van der Waals surface area contributed by atoms with E-state index in [4.69, 9.17) is 4.52 Å². The summed E-state index contributed by atoms with van der Waals surface area (Å²) in [5.41, 5.74) is 4.21. The van der Waals surface area contributed by atoms with Crippen molar-refractivity contribution in [2.45, 2.75) is 53.1 Å². The average Bonchev–Trinajstić information content (AvgIpc) is 3.05. The maximum atomic E-state index is 12.0. The number of aromatic nitrogens is 3. The van der Waals surface area contributed by atoms with E-state index in [-0.39, 0.29) is 12.1 Å². The molecule has 0 fully saturated rings. The highest BCUT2D eigenvalue weighted by Crippen LogP contribution is 2.14. The number of hydrogen-bond acceptors (Lipinski definition) is 4. The van der Waals surface area contributed by atoms with Gasteiger partial charge in [-0.1, -0.05) is 12.1 Å². The molecule has 0 aliphatic carbocycles. The molecule has 2 aromatic rings. The molecule has 0 aliphatic heterocycles. The van der Waals surface area contributed by atoms with E-state index in [0.29, 0.717) is 12.3 Å². The minimum atomic E-state index is -0.217. The summed E-state index contributed by atoms with van der Waals surface area (Å²) in [6.45, 7) is 8.35. The van der Waals surface area contributed by atoms with Gasteiger partial charge >= 0.3 is 6.03 Å². The Morgan fingerprint density at radius 2 is 2.17 bits per heavy atom. The van der Waals surface area contributed by atoms with Crippen molar-refractivity contribution >= 4 is 6.03 Å². The normalized spacial score (nSPS) is 12.2. The van der Waals surface area contributed by atoms with Gasteiger partial charge in [-0.25, -0.2) is 4.79 Å². The highest BCUT2D eigenvalue weighted by Gasteiger charge is 2.15. The Labute approximate surface area is 136 Å². The molecule has 0 bridgehead atoms. The highest BCUT2D eigenvalue weighted by molar-refractivity contribution is 5.74. The Morgan fingerprint density at radius 1 is 1.43 bits per heavy atom. The molecule has 2 aromatic heterocycles. The molecular weight excluding hydrogens is 294 g/mol. The van der Waals surface area contributed by atoms with Crippen LogP contribution in [0.4, 0.5) is 4.79 Å². The zero-order valence-electron chi connectivity index (χ0n) is 14.4. The lowest BCUT2D eigenvalue weighted by Crippen LogP contribution is -2.41. The molecule has 0 saturated heterocycles. The van der Waals surface area contributed by atoms with Gasteiger partial charge in [-0.2, -0.15) is 5.10 Å². The van der Waals surface area contributed by atoms with Crippen molar-refractivity contribution < 1.29 is 9.32 Å². The summed E-state index contributed by atoms with van der Waals surface area (Å²) in [4.78, 5) is 12.0. The lowest BCUT2D eigenvalue weighted by molar-refractivity contribution is 0.235. The predicted molar refractivity (Wildman–Crippen MR) is 87.1 cm³/mol. The van der Waals surface area contributed by atoms with Gasteiger partial charge < -0.3 is 15.2 Å². The zero-order valence-corrected chi connectivity index (χ0v) is 14.4. The Kier molecular flexibility index (Phi) is 5.41. The Hall–Kier alpha value is -2.31. The summed E-state index contributed by atoms with van der Waals surface area (Å²) in [6, 6.07) is 1.65. The Morgan fingerprint density at radius 3 is 2.74 bits per heavy atom. The molecule has 0 spiro atoms. The number of nitrogens with zero attached hydrogens (tertiary/aromatic N) is 3. The zero-order chi connectivity index (χ0) is 17.0. The first-order chi connectivity index (χ1) is 10.9. The van der Waals surface area contributed by atoms with E-state index in [2.05, 4.69) is 20.9 Å². The first kappa shape index (κ1) is 17.1. The molecule has 1 atom stereocenters. The van der Waals surface area contributed by atoms with Gasteiger partial charge in [-0.15, -0.1) is 0 Å². The lowest BCUT2D eigenvalue weighted by Gasteiger charge is -2.14. The van der Waals surface area contributed by atoms with Crippen LogP contribution in [0.25, 0.3) is 0 Å². The van der Waals surface area contributed by atoms with E-state index in [1.54, 1.807) is 0 Å². The van der Waals surface area contributed by atoms with Crippen LogP contribution >= 0.6 is 0 Å². The highest BCUT2D eigenvalue weighted by atomic mass is 16.5. The number of carbonyl (C=O) groups is 1. The van der Waals surface area contributed by atoms with Crippen molar-refractivity contribution in [3.05, 3.63) is 34.5 Å². The van der Waals surface area contributed by atoms with E-state index in [1.807, 2.05) is 45.5 Å². The minimum Gasteiger partial charge on any atom is -0.359 e. The Bertz CT molecular complexity index is 674. The van der Waals surface area contributed by atoms with E-state index < -0.39 is 0 Å². The van der Waals surface area contributed by atoms with Crippen LogP contribution in [0.5, 0.6) is 0 Å². The van der Waals surface area contributed by atoms with Crippen molar-refractivity contribution in [2.75, 3.05) is 0 Å². The standard InChI is InChI=1S/C16H25N5O2/c1-6-13-8-14(23-20-13)9-17-16(22)18-10(2)7-15-11(3)19-21(5)12(15)4/h8,10H,6-7,9H2,1-5H3,(H2,17,18,22)/t10-/m0/s1. The van der Waals surface area contributed by atoms with Crippen molar-refractivity contribution in [1.82, 2.24) is 25.6 Å². The molecule has 2 N–H and O–H groups in total. The summed E-state index contributed by atoms with van der Waals surface area (Å²) in [5, 5.41) is 14.0. The van der Waals surface area contributed by atoms with Gasteiger partial charge in [0.2, 0.25) is 0 Å². The van der Waals surface area contributed by atoms with Crippen molar-refractivity contribution in [3.63, 3.8) is 0 Å². The van der Waals surface area contributed by atoms with Crippen LogP contribution in [0.1, 0.15) is 42.3 Å². The molecular formula is C16H25N5O2. The average molecular weight is 319 g/mol. The van der Waals surface area contributed by atoms with E-state index in [0.717, 1.165) is 29.9 Å². The molecule has 7 nitrogen and oxygen atoms in total. The topological polar surface area (TPSA) is 85.0 Å². The van der Waals surface area contributed by atoms with Gasteiger partial charge in [0.05, 0.1) is 17.9 Å². The maximum absolute atomic E-state index is 12.0. The van der Waals surface area contributed by atoms with Gasteiger partial charge in [-0.05, 0) is 39.2 Å². The van der Waals surface area contributed by atoms with Gasteiger partial charge in [0.25, 0.3) is 0 Å². The van der Waals surface area contributed by atoms with Crippen LogP contribution in [0.15, 0.2) is 10.6 Å². The van der Waals surface area contributed by atoms with Crippen molar-refractivity contribution in [1.29, 1.82) is 0 Å². The number of hydrogen-bond donors (Lipinski definition) is 2. The van der Waals surface area contributed by atoms with E-state index in [9.17, 15) is 4.79 Å².